The Balaban J connectivity index is 1.35. The third-order valence-electron chi connectivity index (χ3n) is 6.24. The van der Waals surface area contributed by atoms with E-state index in [1.807, 2.05) is 31.2 Å². The van der Waals surface area contributed by atoms with Crippen LogP contribution in [0, 0.1) is 0 Å². The van der Waals surface area contributed by atoms with Crippen LogP contribution in [0.2, 0.25) is 0 Å². The molecule has 1 aliphatic rings. The number of piperidine rings is 1. The van der Waals surface area contributed by atoms with E-state index < -0.39 is 10.0 Å². The van der Waals surface area contributed by atoms with Gasteiger partial charge in [-0.2, -0.15) is 4.31 Å². The number of hydrogen-bond acceptors (Lipinski definition) is 6. The van der Waals surface area contributed by atoms with Crippen molar-refractivity contribution in [1.82, 2.24) is 9.29 Å². The Morgan fingerprint density at radius 2 is 1.86 bits per heavy atom. The number of carbonyl (C=O) groups excluding carboxylic acids is 1. The Hall–Kier alpha value is -3.27. The van der Waals surface area contributed by atoms with Crippen LogP contribution in [-0.2, 0) is 10.0 Å². The number of hydrogen-bond donors (Lipinski definition) is 2. The molecule has 9 heteroatoms. The minimum atomic E-state index is -3.60. The smallest absolute Gasteiger partial charge is 0.255 e. The zero-order valence-electron chi connectivity index (χ0n) is 19.1. The highest BCUT2D eigenvalue weighted by atomic mass is 32.2. The first-order valence-corrected chi connectivity index (χ1v) is 13.7. The average Bonchev–Trinajstić information content (AvgIpc) is 3.29. The first kappa shape index (κ1) is 23.5. The van der Waals surface area contributed by atoms with Crippen LogP contribution in [0.15, 0.2) is 71.6 Å². The van der Waals surface area contributed by atoms with Crippen LogP contribution in [-0.4, -0.2) is 41.3 Å². The summed E-state index contributed by atoms with van der Waals surface area (Å²) >= 11 is 1.46. The molecule has 0 bridgehead atoms. The Morgan fingerprint density at radius 1 is 1.09 bits per heavy atom. The first-order valence-electron chi connectivity index (χ1n) is 11.5. The Bertz CT molecular complexity index is 1460. The first-order chi connectivity index (χ1) is 16.8. The maximum atomic E-state index is 13.0. The number of nitrogens with zero attached hydrogens (tertiary/aromatic N) is 2. The highest BCUT2D eigenvalue weighted by Gasteiger charge is 2.31. The standard InChI is InChI=1S/C26H25N3O4S2/c1-17-6-4-5-15-29(17)35(32,33)20-12-9-18(10-13-20)25(31)27-19-11-14-23(30)21(16-19)26-28-22-7-2-3-8-24(22)34-26/h2-3,7-14,16-17,30H,4-6,15H2,1H3,(H,27,31). The second kappa shape index (κ2) is 9.41. The monoisotopic (exact) mass is 507 g/mol. The largest absolute Gasteiger partial charge is 0.507 e. The fourth-order valence-corrected chi connectivity index (χ4v) is 7.01. The SMILES string of the molecule is CC1CCCCN1S(=O)(=O)c1ccc(C(=O)Nc2ccc(O)c(-c3nc4ccccc4s3)c2)cc1. The average molecular weight is 508 g/mol. The molecule has 1 saturated heterocycles. The molecule has 5 rings (SSSR count). The van der Waals surface area contributed by atoms with Gasteiger partial charge in [0.2, 0.25) is 10.0 Å². The summed E-state index contributed by atoms with van der Waals surface area (Å²) in [6.07, 6.45) is 2.74. The fourth-order valence-electron chi connectivity index (χ4n) is 4.32. The molecule has 0 saturated carbocycles. The van der Waals surface area contributed by atoms with Gasteiger partial charge in [0.1, 0.15) is 10.8 Å². The zero-order valence-corrected chi connectivity index (χ0v) is 20.8. The van der Waals surface area contributed by atoms with Crippen LogP contribution in [0.4, 0.5) is 5.69 Å². The molecule has 180 valence electrons. The van der Waals surface area contributed by atoms with Gasteiger partial charge in [-0.15, -0.1) is 11.3 Å². The Labute approximate surface area is 208 Å². The van der Waals surface area contributed by atoms with Gasteiger partial charge >= 0.3 is 0 Å². The third-order valence-corrected chi connectivity index (χ3v) is 9.34. The molecule has 1 aromatic heterocycles. The minimum Gasteiger partial charge on any atom is -0.507 e. The predicted octanol–water partition coefficient (Wildman–Crippen LogP) is 5.48. The summed E-state index contributed by atoms with van der Waals surface area (Å²) in [5.41, 5.74) is 2.21. The number of fused-ring (bicyclic) bond motifs is 1. The molecule has 1 atom stereocenters. The highest BCUT2D eigenvalue weighted by Crippen LogP contribution is 2.37. The maximum absolute atomic E-state index is 13.0. The van der Waals surface area contributed by atoms with Crippen LogP contribution in [0.25, 0.3) is 20.8 Å². The van der Waals surface area contributed by atoms with E-state index in [1.54, 1.807) is 16.4 Å². The summed E-state index contributed by atoms with van der Waals surface area (Å²) in [5, 5.41) is 13.9. The molecule has 2 N–H and O–H groups in total. The van der Waals surface area contributed by atoms with Crippen molar-refractivity contribution in [3.8, 4) is 16.3 Å². The van der Waals surface area contributed by atoms with Gasteiger partial charge in [-0.05, 0) is 74.4 Å². The van der Waals surface area contributed by atoms with Gasteiger partial charge in [0.05, 0.1) is 20.7 Å². The summed E-state index contributed by atoms with van der Waals surface area (Å²) < 4.78 is 28.6. The lowest BCUT2D eigenvalue weighted by molar-refractivity contribution is 0.102. The number of aromatic hydroxyl groups is 1. The zero-order chi connectivity index (χ0) is 24.6. The molecule has 0 spiro atoms. The van der Waals surface area contributed by atoms with Crippen LogP contribution in [0.1, 0.15) is 36.5 Å². The van der Waals surface area contributed by atoms with Gasteiger partial charge in [0.15, 0.2) is 0 Å². The van der Waals surface area contributed by atoms with E-state index in [0.717, 1.165) is 29.5 Å². The summed E-state index contributed by atoms with van der Waals surface area (Å²) in [4.78, 5) is 17.6. The molecule has 0 radical (unpaired) electrons. The van der Waals surface area contributed by atoms with Crippen molar-refractivity contribution in [2.24, 2.45) is 0 Å². The lowest BCUT2D eigenvalue weighted by Gasteiger charge is -2.32. The summed E-state index contributed by atoms with van der Waals surface area (Å²) in [7, 11) is -3.60. The molecule has 1 aliphatic heterocycles. The van der Waals surface area contributed by atoms with Crippen molar-refractivity contribution in [1.29, 1.82) is 0 Å². The minimum absolute atomic E-state index is 0.0316. The number of aromatic nitrogens is 1. The van der Waals surface area contributed by atoms with E-state index in [2.05, 4.69) is 10.3 Å². The molecule has 1 amide bonds. The second-order valence-electron chi connectivity index (χ2n) is 8.66. The van der Waals surface area contributed by atoms with Crippen molar-refractivity contribution in [2.75, 3.05) is 11.9 Å². The fraction of sp³-hybridized carbons (Fsp3) is 0.231. The van der Waals surface area contributed by atoms with Crippen LogP contribution in [0.3, 0.4) is 0 Å². The predicted molar refractivity (Wildman–Crippen MR) is 138 cm³/mol. The normalized spacial score (nSPS) is 16.9. The molecule has 1 unspecified atom stereocenters. The molecule has 4 aromatic rings. The second-order valence-corrected chi connectivity index (χ2v) is 11.6. The van der Waals surface area contributed by atoms with Gasteiger partial charge in [0.25, 0.3) is 5.91 Å². The van der Waals surface area contributed by atoms with E-state index in [0.29, 0.717) is 28.4 Å². The lowest BCUT2D eigenvalue weighted by Crippen LogP contribution is -2.41. The van der Waals surface area contributed by atoms with Crippen LogP contribution >= 0.6 is 11.3 Å². The molecule has 1 fully saturated rings. The lowest BCUT2D eigenvalue weighted by atomic mass is 10.1. The number of rotatable bonds is 5. The molecule has 3 aromatic carbocycles. The number of para-hydroxylation sites is 1. The Kier molecular flexibility index (Phi) is 6.31. The number of nitrogens with one attached hydrogen (secondary N) is 1. The van der Waals surface area contributed by atoms with Crippen molar-refractivity contribution >= 4 is 43.2 Å². The molecule has 2 heterocycles. The van der Waals surface area contributed by atoms with Crippen LogP contribution < -0.4 is 5.32 Å². The number of carbonyl (C=O) groups is 1. The van der Waals surface area contributed by atoms with E-state index in [4.69, 9.17) is 0 Å². The van der Waals surface area contributed by atoms with Crippen molar-refractivity contribution in [3.63, 3.8) is 0 Å². The number of thiazole rings is 1. The van der Waals surface area contributed by atoms with Crippen LogP contribution in [0.5, 0.6) is 5.75 Å². The van der Waals surface area contributed by atoms with E-state index >= 15 is 0 Å². The van der Waals surface area contributed by atoms with Crippen molar-refractivity contribution in [3.05, 3.63) is 72.3 Å². The maximum Gasteiger partial charge on any atom is 0.255 e. The number of phenolic OH excluding ortho intramolecular Hbond substituents is 1. The quantitative estimate of drug-likeness (QED) is 0.348. The molecule has 7 nitrogen and oxygen atoms in total. The number of amides is 1. The van der Waals surface area contributed by atoms with Gasteiger partial charge in [-0.1, -0.05) is 18.6 Å². The van der Waals surface area contributed by atoms with Gasteiger partial charge in [-0.25, -0.2) is 13.4 Å². The van der Waals surface area contributed by atoms with Gasteiger partial charge < -0.3 is 10.4 Å². The molecular weight excluding hydrogens is 482 g/mol. The van der Waals surface area contributed by atoms with Gasteiger partial charge in [-0.3, -0.25) is 4.79 Å². The number of benzene rings is 3. The number of anilines is 1. The highest BCUT2D eigenvalue weighted by molar-refractivity contribution is 7.89. The van der Waals surface area contributed by atoms with E-state index in [1.165, 1.54) is 41.7 Å². The summed E-state index contributed by atoms with van der Waals surface area (Å²) in [5.74, 6) is -0.301. The van der Waals surface area contributed by atoms with E-state index in [9.17, 15) is 18.3 Å². The molecular formula is C26H25N3O4S2. The topological polar surface area (TPSA) is 99.6 Å². The summed E-state index contributed by atoms with van der Waals surface area (Å²) in [6.45, 7) is 2.45. The van der Waals surface area contributed by atoms with Crippen molar-refractivity contribution in [2.45, 2.75) is 37.1 Å². The Morgan fingerprint density at radius 3 is 2.60 bits per heavy atom. The van der Waals surface area contributed by atoms with E-state index in [-0.39, 0.29) is 22.6 Å². The third kappa shape index (κ3) is 4.67. The summed E-state index contributed by atoms with van der Waals surface area (Å²) in [6, 6.07) is 18.5. The molecule has 0 aliphatic carbocycles. The number of phenols is 1. The number of sulfonamides is 1. The van der Waals surface area contributed by atoms with Crippen molar-refractivity contribution < 1.29 is 18.3 Å². The molecule has 35 heavy (non-hydrogen) atoms. The van der Waals surface area contributed by atoms with Gasteiger partial charge in [0, 0.05) is 23.8 Å².